The van der Waals surface area contributed by atoms with Gasteiger partial charge in [-0.25, -0.2) is 5.43 Å². The molecule has 124 valence electrons. The third-order valence-electron chi connectivity index (χ3n) is 5.19. The molecular weight excluding hydrogens is 428 g/mol. The molecule has 3 atom stereocenters. The topological polar surface area (TPSA) is 81.9 Å². The second-order valence-electron chi connectivity index (χ2n) is 6.53. The van der Waals surface area contributed by atoms with Gasteiger partial charge in [0.1, 0.15) is 16.0 Å². The van der Waals surface area contributed by atoms with Gasteiger partial charge in [0.15, 0.2) is 0 Å². The summed E-state index contributed by atoms with van der Waals surface area (Å²) in [6.45, 7) is 2.19. The number of carbonyl (C=O) groups excluding carboxylic acids is 1. The van der Waals surface area contributed by atoms with E-state index in [9.17, 15) is 15.0 Å². The Kier molecular flexibility index (Phi) is 4.44. The van der Waals surface area contributed by atoms with Crippen LogP contribution in [0, 0.1) is 17.3 Å². The average molecular weight is 446 g/mol. The van der Waals surface area contributed by atoms with E-state index in [1.54, 1.807) is 0 Å². The number of hydrazone groups is 1. The number of hydrogen-bond donors (Lipinski definition) is 3. The largest absolute Gasteiger partial charge is 0.506 e. The van der Waals surface area contributed by atoms with Crippen LogP contribution in [0.15, 0.2) is 20.1 Å². The summed E-state index contributed by atoms with van der Waals surface area (Å²) in [5, 5.41) is 23.6. The van der Waals surface area contributed by atoms with Crippen LogP contribution in [0.4, 0.5) is 0 Å². The molecule has 3 N–H and O–H groups in total. The zero-order valence-electron chi connectivity index (χ0n) is 12.6. The van der Waals surface area contributed by atoms with Gasteiger partial charge in [-0.1, -0.05) is 19.8 Å². The maximum Gasteiger partial charge on any atom is 0.244 e. The molecule has 2 aliphatic carbocycles. The summed E-state index contributed by atoms with van der Waals surface area (Å²) >= 11 is 6.30. The van der Waals surface area contributed by atoms with Gasteiger partial charge in [-0.3, -0.25) is 4.79 Å². The van der Waals surface area contributed by atoms with Crippen LogP contribution in [0.1, 0.15) is 38.2 Å². The molecule has 0 spiro atoms. The highest BCUT2D eigenvalue weighted by Gasteiger charge is 2.64. The number of benzene rings is 1. The molecule has 0 aliphatic heterocycles. The molecule has 5 nitrogen and oxygen atoms in total. The number of halogens is 2. The summed E-state index contributed by atoms with van der Waals surface area (Å²) in [6.07, 6.45) is 6.01. The van der Waals surface area contributed by atoms with Gasteiger partial charge < -0.3 is 10.2 Å². The zero-order valence-corrected chi connectivity index (χ0v) is 15.8. The van der Waals surface area contributed by atoms with Crippen molar-refractivity contribution in [3.63, 3.8) is 0 Å². The summed E-state index contributed by atoms with van der Waals surface area (Å²) in [5.41, 5.74) is 3.12. The van der Waals surface area contributed by atoms with Gasteiger partial charge in [0.2, 0.25) is 5.91 Å². The molecule has 0 heterocycles. The lowest BCUT2D eigenvalue weighted by Crippen LogP contribution is -2.22. The quantitative estimate of drug-likeness (QED) is 0.487. The fourth-order valence-corrected chi connectivity index (χ4v) is 4.95. The van der Waals surface area contributed by atoms with E-state index >= 15 is 0 Å². The number of rotatable bonds is 3. The molecule has 1 aromatic carbocycles. The molecule has 0 radical (unpaired) electrons. The van der Waals surface area contributed by atoms with Gasteiger partial charge in [-0.15, -0.1) is 0 Å². The Morgan fingerprint density at radius 2 is 2.13 bits per heavy atom. The normalized spacial score (nSPS) is 29.3. The van der Waals surface area contributed by atoms with Crippen molar-refractivity contribution in [3.05, 3.63) is 20.6 Å². The SMILES string of the molecule is C[C@]12CCCC[C@@H]1[C@H]2C(=O)N/N=C\c1cc(Br)c(O)c(Br)c1O. The minimum atomic E-state index is -0.129. The van der Waals surface area contributed by atoms with Crippen molar-refractivity contribution in [1.82, 2.24) is 5.43 Å². The molecule has 23 heavy (non-hydrogen) atoms. The third-order valence-corrected chi connectivity index (χ3v) is 6.55. The molecular formula is C16H18Br2N2O3. The van der Waals surface area contributed by atoms with Crippen LogP contribution >= 0.6 is 31.9 Å². The van der Waals surface area contributed by atoms with Crippen LogP contribution in [0.25, 0.3) is 0 Å². The van der Waals surface area contributed by atoms with Gasteiger partial charge in [0, 0.05) is 11.5 Å². The highest BCUT2D eigenvalue weighted by molar-refractivity contribution is 9.11. The molecule has 0 saturated heterocycles. The molecule has 2 saturated carbocycles. The number of nitrogens with one attached hydrogen (secondary N) is 1. The van der Waals surface area contributed by atoms with Gasteiger partial charge in [-0.05, 0) is 62.1 Å². The zero-order chi connectivity index (χ0) is 16.8. The van der Waals surface area contributed by atoms with Crippen molar-refractivity contribution in [2.24, 2.45) is 22.4 Å². The number of phenolic OH excluding ortho intramolecular Hbond substituents is 2. The summed E-state index contributed by atoms with van der Waals surface area (Å²) in [7, 11) is 0. The highest BCUT2D eigenvalue weighted by atomic mass is 79.9. The standard InChI is InChI=1S/C16H18Br2N2O3/c1-16-5-3-2-4-9(16)11(16)15(23)20-19-7-8-6-10(17)14(22)12(18)13(8)21/h6-7,9,11,21-22H,2-5H2,1H3,(H,20,23)/b19-7-/t9-,11+,16+/m1/s1. The summed E-state index contributed by atoms with van der Waals surface area (Å²) < 4.78 is 0.607. The molecule has 3 rings (SSSR count). The van der Waals surface area contributed by atoms with Crippen LogP contribution in [0.3, 0.4) is 0 Å². The van der Waals surface area contributed by atoms with Crippen molar-refractivity contribution in [2.75, 3.05) is 0 Å². The third kappa shape index (κ3) is 2.89. The number of nitrogens with zero attached hydrogens (tertiary/aromatic N) is 1. The van der Waals surface area contributed by atoms with Crippen LogP contribution in [0.5, 0.6) is 11.5 Å². The van der Waals surface area contributed by atoms with Crippen molar-refractivity contribution in [1.29, 1.82) is 0 Å². The van der Waals surface area contributed by atoms with Crippen molar-refractivity contribution >= 4 is 44.0 Å². The first-order chi connectivity index (χ1) is 10.9. The predicted octanol–water partition coefficient (Wildman–Crippen LogP) is 3.90. The predicted molar refractivity (Wildman–Crippen MR) is 94.5 cm³/mol. The lowest BCUT2D eigenvalue weighted by molar-refractivity contribution is -0.123. The van der Waals surface area contributed by atoms with E-state index < -0.39 is 0 Å². The maximum atomic E-state index is 12.3. The van der Waals surface area contributed by atoms with E-state index in [0.717, 1.165) is 12.8 Å². The van der Waals surface area contributed by atoms with E-state index in [4.69, 9.17) is 0 Å². The van der Waals surface area contributed by atoms with Gasteiger partial charge in [-0.2, -0.15) is 5.10 Å². The Hall–Kier alpha value is -1.08. The summed E-state index contributed by atoms with van der Waals surface area (Å²) in [6, 6.07) is 1.53. The monoisotopic (exact) mass is 444 g/mol. The molecule has 7 heteroatoms. The van der Waals surface area contributed by atoms with Crippen LogP contribution < -0.4 is 5.43 Å². The second kappa shape index (κ2) is 6.09. The molecule has 2 aliphatic rings. The fourth-order valence-electron chi connectivity index (χ4n) is 3.80. The molecule has 1 amide bonds. The minimum Gasteiger partial charge on any atom is -0.506 e. The number of amides is 1. The van der Waals surface area contributed by atoms with E-state index in [2.05, 4.69) is 49.3 Å². The molecule has 2 fully saturated rings. The lowest BCUT2D eigenvalue weighted by Gasteiger charge is -2.15. The molecule has 0 bridgehead atoms. The summed E-state index contributed by atoms with van der Waals surface area (Å²) in [4.78, 5) is 12.3. The average Bonchev–Trinajstić information content (AvgIpc) is 3.15. The Morgan fingerprint density at radius 3 is 2.78 bits per heavy atom. The smallest absolute Gasteiger partial charge is 0.244 e. The highest BCUT2D eigenvalue weighted by Crippen LogP contribution is 2.66. The molecule has 0 aromatic heterocycles. The summed E-state index contributed by atoms with van der Waals surface area (Å²) in [5.74, 6) is 0.271. The Labute approximate surface area is 151 Å². The Morgan fingerprint density at radius 1 is 1.39 bits per heavy atom. The Bertz CT molecular complexity index is 692. The van der Waals surface area contributed by atoms with Gasteiger partial charge >= 0.3 is 0 Å². The number of aromatic hydroxyl groups is 2. The molecule has 1 aromatic rings. The first kappa shape index (κ1) is 16.8. The van der Waals surface area contributed by atoms with Gasteiger partial charge in [0.25, 0.3) is 0 Å². The fraction of sp³-hybridized carbons (Fsp3) is 0.500. The first-order valence-electron chi connectivity index (χ1n) is 7.59. The van der Waals surface area contributed by atoms with E-state index in [0.29, 0.717) is 16.0 Å². The van der Waals surface area contributed by atoms with Crippen molar-refractivity contribution in [2.45, 2.75) is 32.6 Å². The second-order valence-corrected chi connectivity index (χ2v) is 8.18. The molecule has 0 unspecified atom stereocenters. The van der Waals surface area contributed by atoms with Crippen LogP contribution in [0.2, 0.25) is 0 Å². The van der Waals surface area contributed by atoms with Crippen LogP contribution in [-0.4, -0.2) is 22.3 Å². The van der Waals surface area contributed by atoms with Crippen molar-refractivity contribution in [3.8, 4) is 11.5 Å². The van der Waals surface area contributed by atoms with E-state index in [1.165, 1.54) is 25.1 Å². The number of fused-ring (bicyclic) bond motifs is 1. The minimum absolute atomic E-state index is 0.0490. The Balaban J connectivity index is 1.67. The maximum absolute atomic E-state index is 12.3. The number of carbonyl (C=O) groups is 1. The van der Waals surface area contributed by atoms with E-state index in [1.807, 2.05) is 0 Å². The van der Waals surface area contributed by atoms with Crippen molar-refractivity contribution < 1.29 is 15.0 Å². The van der Waals surface area contributed by atoms with E-state index in [-0.39, 0.29) is 33.2 Å². The van der Waals surface area contributed by atoms with Crippen LogP contribution in [-0.2, 0) is 4.79 Å². The van der Waals surface area contributed by atoms with Gasteiger partial charge in [0.05, 0.1) is 10.7 Å². The first-order valence-corrected chi connectivity index (χ1v) is 9.17. The number of phenols is 2. The lowest BCUT2D eigenvalue weighted by atomic mass is 9.90. The number of hydrogen-bond acceptors (Lipinski definition) is 4.